The molecule has 6 nitrogen and oxygen atoms in total. The van der Waals surface area contributed by atoms with Crippen LogP contribution in [0, 0.1) is 11.3 Å². The van der Waals surface area contributed by atoms with Crippen molar-refractivity contribution in [3.05, 3.63) is 22.8 Å². The topological polar surface area (TPSA) is 87.0 Å². The van der Waals surface area contributed by atoms with Gasteiger partial charge in [0.2, 0.25) is 5.91 Å². The molecule has 1 aromatic heterocycles. The van der Waals surface area contributed by atoms with E-state index >= 15 is 0 Å². The Hall–Kier alpha value is -1.84. The Kier molecular flexibility index (Phi) is 5.91. The van der Waals surface area contributed by atoms with E-state index in [-0.39, 0.29) is 17.5 Å². The maximum atomic E-state index is 11.4. The second-order valence-corrected chi connectivity index (χ2v) is 3.71. The molecule has 0 aliphatic heterocycles. The van der Waals surface area contributed by atoms with Gasteiger partial charge in [-0.3, -0.25) is 4.79 Å². The van der Waals surface area contributed by atoms with E-state index in [4.69, 9.17) is 21.6 Å². The molecule has 1 rings (SSSR count). The molecule has 0 saturated heterocycles. The lowest BCUT2D eigenvalue weighted by atomic mass is 10.3. The van der Waals surface area contributed by atoms with Gasteiger partial charge in [0.15, 0.2) is 0 Å². The van der Waals surface area contributed by atoms with Crippen molar-refractivity contribution in [1.82, 2.24) is 10.3 Å². The van der Waals surface area contributed by atoms with Crippen LogP contribution in [0.4, 0.5) is 5.82 Å². The first-order valence-electron chi connectivity index (χ1n) is 5.23. The van der Waals surface area contributed by atoms with E-state index in [0.717, 1.165) is 0 Å². The third-order valence-electron chi connectivity index (χ3n) is 2.05. The molecule has 0 aliphatic rings. The molecule has 0 aromatic carbocycles. The number of nitriles is 1. The van der Waals surface area contributed by atoms with Gasteiger partial charge in [0.05, 0.1) is 18.7 Å². The molecule has 0 radical (unpaired) electrons. The molecule has 0 unspecified atom stereocenters. The number of amides is 1. The SMILES string of the molecule is COCCNC(=O)CNc1nccc(C#N)c1Cl. The highest BCUT2D eigenvalue weighted by atomic mass is 35.5. The molecule has 2 N–H and O–H groups in total. The van der Waals surface area contributed by atoms with Crippen LogP contribution in [0.1, 0.15) is 5.56 Å². The van der Waals surface area contributed by atoms with Crippen molar-refractivity contribution in [3.63, 3.8) is 0 Å². The van der Waals surface area contributed by atoms with E-state index in [0.29, 0.717) is 24.5 Å². The number of methoxy groups -OCH3 is 1. The highest BCUT2D eigenvalue weighted by molar-refractivity contribution is 6.34. The highest BCUT2D eigenvalue weighted by Gasteiger charge is 2.08. The van der Waals surface area contributed by atoms with Gasteiger partial charge in [-0.25, -0.2) is 4.98 Å². The smallest absolute Gasteiger partial charge is 0.239 e. The number of hydrogen-bond acceptors (Lipinski definition) is 5. The zero-order valence-electron chi connectivity index (χ0n) is 9.86. The number of halogens is 1. The lowest BCUT2D eigenvalue weighted by molar-refractivity contribution is -0.119. The van der Waals surface area contributed by atoms with E-state index in [1.54, 1.807) is 7.11 Å². The zero-order chi connectivity index (χ0) is 13.4. The predicted octanol–water partition coefficient (Wildman–Crippen LogP) is 0.781. The fraction of sp³-hybridized carbons (Fsp3) is 0.364. The Morgan fingerprint density at radius 3 is 3.11 bits per heavy atom. The first-order chi connectivity index (χ1) is 8.69. The van der Waals surface area contributed by atoms with Crippen LogP contribution >= 0.6 is 11.6 Å². The van der Waals surface area contributed by atoms with Crippen LogP contribution in [0.3, 0.4) is 0 Å². The summed E-state index contributed by atoms with van der Waals surface area (Å²) in [6.07, 6.45) is 1.45. The summed E-state index contributed by atoms with van der Waals surface area (Å²) in [5, 5.41) is 14.4. The fourth-order valence-corrected chi connectivity index (χ4v) is 1.39. The first-order valence-corrected chi connectivity index (χ1v) is 5.61. The van der Waals surface area contributed by atoms with Crippen LogP contribution < -0.4 is 10.6 Å². The van der Waals surface area contributed by atoms with Crippen molar-refractivity contribution < 1.29 is 9.53 Å². The van der Waals surface area contributed by atoms with Gasteiger partial charge < -0.3 is 15.4 Å². The molecular weight excluding hydrogens is 256 g/mol. The van der Waals surface area contributed by atoms with Crippen molar-refractivity contribution in [3.8, 4) is 6.07 Å². The summed E-state index contributed by atoms with van der Waals surface area (Å²) in [6.45, 7) is 0.927. The average Bonchev–Trinajstić information content (AvgIpc) is 2.38. The van der Waals surface area contributed by atoms with Crippen LogP contribution in [0.15, 0.2) is 12.3 Å². The van der Waals surface area contributed by atoms with Gasteiger partial charge in [-0.15, -0.1) is 0 Å². The summed E-state index contributed by atoms with van der Waals surface area (Å²) < 4.78 is 4.80. The van der Waals surface area contributed by atoms with Crippen molar-refractivity contribution in [1.29, 1.82) is 5.26 Å². The van der Waals surface area contributed by atoms with Gasteiger partial charge in [0.25, 0.3) is 0 Å². The summed E-state index contributed by atoms with van der Waals surface area (Å²) in [5.41, 5.74) is 0.314. The summed E-state index contributed by atoms with van der Waals surface area (Å²) in [7, 11) is 1.56. The number of hydrogen-bond donors (Lipinski definition) is 2. The number of nitrogens with zero attached hydrogens (tertiary/aromatic N) is 2. The van der Waals surface area contributed by atoms with E-state index in [9.17, 15) is 4.79 Å². The minimum Gasteiger partial charge on any atom is -0.383 e. The molecule has 0 aliphatic carbocycles. The second-order valence-electron chi connectivity index (χ2n) is 3.33. The molecule has 0 fully saturated rings. The normalized spacial score (nSPS) is 9.61. The van der Waals surface area contributed by atoms with Crippen molar-refractivity contribution in [2.45, 2.75) is 0 Å². The number of pyridine rings is 1. The molecule has 7 heteroatoms. The number of rotatable bonds is 6. The predicted molar refractivity (Wildman–Crippen MR) is 67.3 cm³/mol. The number of carbonyl (C=O) groups excluding carboxylic acids is 1. The zero-order valence-corrected chi connectivity index (χ0v) is 10.6. The maximum absolute atomic E-state index is 11.4. The molecule has 0 spiro atoms. The number of ether oxygens (including phenoxy) is 1. The van der Waals surface area contributed by atoms with Crippen molar-refractivity contribution in [2.24, 2.45) is 0 Å². The summed E-state index contributed by atoms with van der Waals surface area (Å²) in [6, 6.07) is 3.44. The van der Waals surface area contributed by atoms with Crippen LogP contribution in [-0.4, -0.2) is 37.7 Å². The molecule has 0 bridgehead atoms. The third-order valence-corrected chi connectivity index (χ3v) is 2.44. The highest BCUT2D eigenvalue weighted by Crippen LogP contribution is 2.22. The van der Waals surface area contributed by atoms with Gasteiger partial charge >= 0.3 is 0 Å². The molecule has 1 amide bonds. The van der Waals surface area contributed by atoms with E-state index in [1.165, 1.54) is 12.3 Å². The molecule has 1 aromatic rings. The molecule has 1 heterocycles. The van der Waals surface area contributed by atoms with Gasteiger partial charge in [0, 0.05) is 19.9 Å². The van der Waals surface area contributed by atoms with Gasteiger partial charge in [-0.05, 0) is 6.07 Å². The van der Waals surface area contributed by atoms with Crippen LogP contribution in [0.5, 0.6) is 0 Å². The summed E-state index contributed by atoms with van der Waals surface area (Å²) in [5.74, 6) is 0.116. The minimum atomic E-state index is -0.202. The number of aromatic nitrogens is 1. The van der Waals surface area contributed by atoms with Crippen LogP contribution in [0.2, 0.25) is 5.02 Å². The molecule has 0 atom stereocenters. The van der Waals surface area contributed by atoms with Crippen molar-refractivity contribution in [2.75, 3.05) is 32.1 Å². The van der Waals surface area contributed by atoms with Gasteiger partial charge in [-0.2, -0.15) is 5.26 Å². The quantitative estimate of drug-likeness (QED) is 0.745. The van der Waals surface area contributed by atoms with Gasteiger partial charge in [-0.1, -0.05) is 11.6 Å². The lowest BCUT2D eigenvalue weighted by Crippen LogP contribution is -2.32. The van der Waals surface area contributed by atoms with E-state index in [2.05, 4.69) is 15.6 Å². The molecule has 96 valence electrons. The Morgan fingerprint density at radius 2 is 2.44 bits per heavy atom. The Balaban J connectivity index is 2.49. The Bertz CT molecular complexity index is 459. The maximum Gasteiger partial charge on any atom is 0.239 e. The van der Waals surface area contributed by atoms with Gasteiger partial charge in [0.1, 0.15) is 16.9 Å². The number of anilines is 1. The fourth-order valence-electron chi connectivity index (χ4n) is 1.17. The van der Waals surface area contributed by atoms with Crippen molar-refractivity contribution >= 4 is 23.3 Å². The minimum absolute atomic E-state index is 0.0331. The van der Waals surface area contributed by atoms with E-state index in [1.807, 2.05) is 6.07 Å². The molecule has 18 heavy (non-hydrogen) atoms. The molecule has 0 saturated carbocycles. The summed E-state index contributed by atoms with van der Waals surface area (Å²) >= 11 is 5.92. The standard InChI is InChI=1S/C11H13ClN4O2/c1-18-5-4-14-9(17)7-16-11-10(12)8(6-13)2-3-15-11/h2-3H,4-5,7H2,1H3,(H,14,17)(H,15,16). The van der Waals surface area contributed by atoms with E-state index < -0.39 is 0 Å². The van der Waals surface area contributed by atoms with Crippen LogP contribution in [-0.2, 0) is 9.53 Å². The summed E-state index contributed by atoms with van der Waals surface area (Å²) in [4.78, 5) is 15.3. The Labute approximate surface area is 110 Å². The first kappa shape index (κ1) is 14.2. The largest absolute Gasteiger partial charge is 0.383 e. The lowest BCUT2D eigenvalue weighted by Gasteiger charge is -2.08. The second kappa shape index (κ2) is 7.48. The Morgan fingerprint density at radius 1 is 1.67 bits per heavy atom. The van der Waals surface area contributed by atoms with Crippen LogP contribution in [0.25, 0.3) is 0 Å². The number of carbonyl (C=O) groups is 1. The average molecular weight is 269 g/mol. The number of nitrogens with one attached hydrogen (secondary N) is 2. The third kappa shape index (κ3) is 4.20. The monoisotopic (exact) mass is 268 g/mol. The molecular formula is C11H13ClN4O2.